The molecule has 0 bridgehead atoms. The van der Waals surface area contributed by atoms with Gasteiger partial charge in [-0.2, -0.15) is 18.3 Å². The van der Waals surface area contributed by atoms with E-state index in [1.54, 1.807) is 0 Å². The predicted molar refractivity (Wildman–Crippen MR) is 89.6 cm³/mol. The van der Waals surface area contributed by atoms with Gasteiger partial charge < -0.3 is 10.1 Å². The van der Waals surface area contributed by atoms with Gasteiger partial charge in [-0.15, -0.1) is 10.2 Å². The van der Waals surface area contributed by atoms with Gasteiger partial charge in [0.15, 0.2) is 11.5 Å². The Bertz CT molecular complexity index is 804. The van der Waals surface area contributed by atoms with Crippen molar-refractivity contribution in [2.45, 2.75) is 44.8 Å². The van der Waals surface area contributed by atoms with Crippen molar-refractivity contribution in [2.75, 3.05) is 7.11 Å². The van der Waals surface area contributed by atoms with Gasteiger partial charge in [0.2, 0.25) is 5.88 Å². The van der Waals surface area contributed by atoms with Crippen LogP contribution >= 0.6 is 0 Å². The highest BCUT2D eigenvalue weighted by molar-refractivity contribution is 5.95. The second-order valence-electron chi connectivity index (χ2n) is 6.59. The molecule has 2 heterocycles. The van der Waals surface area contributed by atoms with E-state index in [1.165, 1.54) is 19.2 Å². The quantitative estimate of drug-likeness (QED) is 0.878. The number of aromatic nitrogens is 4. The molecule has 1 saturated carbocycles. The molecule has 1 aliphatic carbocycles. The Morgan fingerprint density at radius 3 is 2.59 bits per heavy atom. The van der Waals surface area contributed by atoms with Gasteiger partial charge in [0.25, 0.3) is 5.91 Å². The fraction of sp³-hybridized carbons (Fsp3) is 0.529. The van der Waals surface area contributed by atoms with Crippen molar-refractivity contribution >= 4 is 5.91 Å². The molecule has 1 N–H and O–H groups in total. The van der Waals surface area contributed by atoms with E-state index in [-0.39, 0.29) is 23.7 Å². The lowest BCUT2D eigenvalue weighted by molar-refractivity contribution is -0.143. The number of methoxy groups -OCH3 is 1. The lowest BCUT2D eigenvalue weighted by Crippen LogP contribution is -2.41. The number of alkyl halides is 3. The number of nitrogens with one attached hydrogen (secondary N) is 1. The average molecular weight is 383 g/mol. The molecule has 1 aliphatic rings. The first kappa shape index (κ1) is 19.1. The Kier molecular flexibility index (Phi) is 5.33. The topological polar surface area (TPSA) is 81.9 Å². The Morgan fingerprint density at radius 2 is 2.00 bits per heavy atom. The van der Waals surface area contributed by atoms with E-state index in [0.717, 1.165) is 31.9 Å². The fourth-order valence-corrected chi connectivity index (χ4v) is 3.27. The predicted octanol–water partition coefficient (Wildman–Crippen LogP) is 3.00. The molecule has 1 amide bonds. The number of halogens is 3. The summed E-state index contributed by atoms with van der Waals surface area (Å²) in [6.45, 7) is 1.99. The number of carbonyl (C=O) groups excluding carboxylic acids is 1. The number of rotatable bonds is 4. The molecular weight excluding hydrogens is 363 g/mol. The molecule has 0 spiro atoms. The van der Waals surface area contributed by atoms with E-state index in [2.05, 4.69) is 20.6 Å². The minimum atomic E-state index is -4.79. The standard InChI is InChI=1S/C17H20F3N5O2/c1-10-5-3-4-6-12(10)22-16(26)11-9-21-25(15(11)17(18,19)20)13-7-8-14(27-2)24-23-13/h7-10,12H,3-6H2,1-2H3,(H,22,26). The van der Waals surface area contributed by atoms with Crippen molar-refractivity contribution in [2.24, 2.45) is 5.92 Å². The van der Waals surface area contributed by atoms with Crippen LogP contribution in [0.15, 0.2) is 18.3 Å². The monoisotopic (exact) mass is 383 g/mol. The Morgan fingerprint density at radius 1 is 1.26 bits per heavy atom. The molecular formula is C17H20F3N5O2. The summed E-state index contributed by atoms with van der Waals surface area (Å²) >= 11 is 0. The van der Waals surface area contributed by atoms with Crippen LogP contribution in [0.5, 0.6) is 5.88 Å². The molecule has 2 aromatic rings. The first-order chi connectivity index (χ1) is 12.8. The number of carbonyl (C=O) groups is 1. The van der Waals surface area contributed by atoms with Gasteiger partial charge in [0.05, 0.1) is 18.9 Å². The molecule has 0 radical (unpaired) electrons. The van der Waals surface area contributed by atoms with E-state index in [1.807, 2.05) is 6.92 Å². The van der Waals surface area contributed by atoms with E-state index >= 15 is 0 Å². The van der Waals surface area contributed by atoms with Crippen LogP contribution in [0.3, 0.4) is 0 Å². The van der Waals surface area contributed by atoms with E-state index in [4.69, 9.17) is 4.74 Å². The van der Waals surface area contributed by atoms with Crippen LogP contribution in [-0.2, 0) is 6.18 Å². The summed E-state index contributed by atoms with van der Waals surface area (Å²) in [7, 11) is 1.37. The van der Waals surface area contributed by atoms with Gasteiger partial charge in [-0.05, 0) is 24.8 Å². The van der Waals surface area contributed by atoms with Crippen molar-refractivity contribution in [3.63, 3.8) is 0 Å². The normalized spacial score (nSPS) is 20.3. The molecule has 0 aromatic carbocycles. The van der Waals surface area contributed by atoms with Gasteiger partial charge in [0.1, 0.15) is 0 Å². The highest BCUT2D eigenvalue weighted by Gasteiger charge is 2.41. The smallest absolute Gasteiger partial charge is 0.434 e. The van der Waals surface area contributed by atoms with Crippen LogP contribution < -0.4 is 10.1 Å². The summed E-state index contributed by atoms with van der Waals surface area (Å²) in [5.74, 6) is -0.565. The van der Waals surface area contributed by atoms with E-state index < -0.39 is 23.3 Å². The van der Waals surface area contributed by atoms with E-state index in [9.17, 15) is 18.0 Å². The summed E-state index contributed by atoms with van der Waals surface area (Å²) < 4.78 is 46.5. The number of nitrogens with zero attached hydrogens (tertiary/aromatic N) is 4. The minimum Gasteiger partial charge on any atom is -0.480 e. The molecule has 2 aromatic heterocycles. The minimum absolute atomic E-state index is 0.142. The van der Waals surface area contributed by atoms with Crippen molar-refractivity contribution in [3.8, 4) is 11.7 Å². The third-order valence-electron chi connectivity index (χ3n) is 4.76. The van der Waals surface area contributed by atoms with Gasteiger partial charge in [-0.1, -0.05) is 19.8 Å². The first-order valence-electron chi connectivity index (χ1n) is 8.65. The molecule has 2 atom stereocenters. The third-order valence-corrected chi connectivity index (χ3v) is 4.76. The third kappa shape index (κ3) is 4.04. The van der Waals surface area contributed by atoms with Gasteiger partial charge in [-0.3, -0.25) is 4.79 Å². The first-order valence-corrected chi connectivity index (χ1v) is 8.65. The fourth-order valence-electron chi connectivity index (χ4n) is 3.27. The lowest BCUT2D eigenvalue weighted by Gasteiger charge is -2.29. The van der Waals surface area contributed by atoms with Crippen molar-refractivity contribution in [1.29, 1.82) is 0 Å². The van der Waals surface area contributed by atoms with Crippen LogP contribution in [0.25, 0.3) is 5.82 Å². The molecule has 7 nitrogen and oxygen atoms in total. The molecule has 1 fully saturated rings. The molecule has 2 unspecified atom stereocenters. The molecule has 10 heteroatoms. The maximum Gasteiger partial charge on any atom is 0.434 e. The number of hydrogen-bond donors (Lipinski definition) is 1. The maximum absolute atomic E-state index is 13.7. The molecule has 0 saturated heterocycles. The summed E-state index contributed by atoms with van der Waals surface area (Å²) in [6.07, 6.45) is -0.165. The van der Waals surface area contributed by atoms with Crippen molar-refractivity contribution in [1.82, 2.24) is 25.3 Å². The SMILES string of the molecule is COc1ccc(-n2ncc(C(=O)NC3CCCCC3C)c2C(F)(F)F)nn1. The van der Waals surface area contributed by atoms with Crippen molar-refractivity contribution < 1.29 is 22.7 Å². The van der Waals surface area contributed by atoms with Gasteiger partial charge in [0, 0.05) is 12.1 Å². The van der Waals surface area contributed by atoms with E-state index in [0.29, 0.717) is 4.68 Å². The zero-order valence-corrected chi connectivity index (χ0v) is 15.0. The van der Waals surface area contributed by atoms with Crippen LogP contribution in [-0.4, -0.2) is 39.0 Å². The maximum atomic E-state index is 13.7. The second-order valence-corrected chi connectivity index (χ2v) is 6.59. The highest BCUT2D eigenvalue weighted by Crippen LogP contribution is 2.34. The zero-order valence-electron chi connectivity index (χ0n) is 15.0. The molecule has 27 heavy (non-hydrogen) atoms. The summed E-state index contributed by atoms with van der Waals surface area (Å²) in [5.41, 5.74) is -1.71. The highest BCUT2D eigenvalue weighted by atomic mass is 19.4. The largest absolute Gasteiger partial charge is 0.480 e. The van der Waals surface area contributed by atoms with Crippen LogP contribution in [0.1, 0.15) is 48.7 Å². The summed E-state index contributed by atoms with van der Waals surface area (Å²) in [6, 6.07) is 2.52. The zero-order chi connectivity index (χ0) is 19.6. The number of amides is 1. The average Bonchev–Trinajstić information content (AvgIpc) is 3.09. The summed E-state index contributed by atoms with van der Waals surface area (Å²) in [4.78, 5) is 12.6. The van der Waals surface area contributed by atoms with Gasteiger partial charge >= 0.3 is 6.18 Å². The second kappa shape index (κ2) is 7.53. The molecule has 0 aliphatic heterocycles. The Balaban J connectivity index is 1.93. The van der Waals surface area contributed by atoms with Crippen LogP contribution in [0.4, 0.5) is 13.2 Å². The Labute approximate surface area is 153 Å². The van der Waals surface area contributed by atoms with Gasteiger partial charge in [-0.25, -0.2) is 4.68 Å². The van der Waals surface area contributed by atoms with Crippen molar-refractivity contribution in [3.05, 3.63) is 29.6 Å². The van der Waals surface area contributed by atoms with Crippen LogP contribution in [0, 0.1) is 5.92 Å². The lowest BCUT2D eigenvalue weighted by atomic mass is 9.86. The summed E-state index contributed by atoms with van der Waals surface area (Å²) in [5, 5.41) is 13.8. The van der Waals surface area contributed by atoms with Crippen LogP contribution in [0.2, 0.25) is 0 Å². The number of hydrogen-bond acceptors (Lipinski definition) is 5. The molecule has 3 rings (SSSR count). The number of ether oxygens (including phenoxy) is 1. The Hall–Kier alpha value is -2.65. The molecule has 146 valence electrons.